The number of hydrogen-bond acceptors (Lipinski definition) is 4. The molecule has 0 aliphatic carbocycles. The van der Waals surface area contributed by atoms with E-state index >= 15 is 0 Å². The molecule has 5 aromatic rings. The van der Waals surface area contributed by atoms with Crippen molar-refractivity contribution >= 4 is 17.1 Å². The molecular weight excluding hydrogens is 402 g/mol. The number of carbonyl (C=O) groups excluding carboxylic acids is 1. The zero-order valence-electron chi connectivity index (χ0n) is 17.7. The van der Waals surface area contributed by atoms with Gasteiger partial charge in [-0.3, -0.25) is 9.78 Å². The fourth-order valence-corrected chi connectivity index (χ4v) is 3.64. The van der Waals surface area contributed by atoms with Crippen LogP contribution in [-0.4, -0.2) is 32.2 Å². The van der Waals surface area contributed by atoms with E-state index in [9.17, 15) is 4.79 Å². The van der Waals surface area contributed by atoms with Gasteiger partial charge >= 0.3 is 0 Å². The number of ether oxygens (including phenoxy) is 1. The zero-order chi connectivity index (χ0) is 22.1. The molecule has 158 valence electrons. The van der Waals surface area contributed by atoms with Crippen molar-refractivity contribution in [3.05, 3.63) is 96.7 Å². The summed E-state index contributed by atoms with van der Waals surface area (Å²) in [5.41, 5.74) is 4.98. The van der Waals surface area contributed by atoms with Crippen molar-refractivity contribution in [2.24, 2.45) is 0 Å². The number of methoxy groups -OCH3 is 1. The Morgan fingerprint density at radius 1 is 1.00 bits per heavy atom. The van der Waals surface area contributed by atoms with Gasteiger partial charge in [0, 0.05) is 35.5 Å². The number of aryl methyl sites for hydroxylation is 1. The van der Waals surface area contributed by atoms with Crippen LogP contribution in [-0.2, 0) is 0 Å². The molecule has 4 heterocycles. The van der Waals surface area contributed by atoms with Crippen LogP contribution in [0.2, 0.25) is 0 Å². The maximum absolute atomic E-state index is 12.6. The van der Waals surface area contributed by atoms with Crippen LogP contribution in [0.5, 0.6) is 5.75 Å². The predicted molar refractivity (Wildman–Crippen MR) is 123 cm³/mol. The smallest absolute Gasteiger partial charge is 0.276 e. The summed E-state index contributed by atoms with van der Waals surface area (Å²) in [6, 6.07) is 21.3. The molecule has 1 aromatic carbocycles. The Bertz CT molecular complexity index is 1430. The summed E-state index contributed by atoms with van der Waals surface area (Å²) in [5.74, 6) is 1.37. The maximum atomic E-state index is 12.6. The highest BCUT2D eigenvalue weighted by Crippen LogP contribution is 2.26. The quantitative estimate of drug-likeness (QED) is 0.442. The van der Waals surface area contributed by atoms with E-state index in [1.807, 2.05) is 49.4 Å². The highest BCUT2D eigenvalue weighted by molar-refractivity contribution is 6.02. The lowest BCUT2D eigenvalue weighted by Crippen LogP contribution is -2.13. The van der Waals surface area contributed by atoms with Crippen molar-refractivity contribution in [3.63, 3.8) is 0 Å². The van der Waals surface area contributed by atoms with Crippen molar-refractivity contribution in [1.82, 2.24) is 19.2 Å². The minimum atomic E-state index is -0.271. The number of nitrogens with one attached hydrogen (secondary N) is 1. The SMILES string of the molecule is COc1cccc(-c2ccc3ccc(-n4ccc(C(=O)Nc5ccnc(C)c5)n4)n3c2)c1. The Kier molecular flexibility index (Phi) is 4.91. The first kappa shape index (κ1) is 19.6. The number of anilines is 1. The molecule has 7 heteroatoms. The van der Waals surface area contributed by atoms with Crippen molar-refractivity contribution in [3.8, 4) is 22.7 Å². The Morgan fingerprint density at radius 2 is 1.88 bits per heavy atom. The van der Waals surface area contributed by atoms with Crippen LogP contribution in [0.4, 0.5) is 5.69 Å². The third-order valence-corrected chi connectivity index (χ3v) is 5.24. The summed E-state index contributed by atoms with van der Waals surface area (Å²) >= 11 is 0. The summed E-state index contributed by atoms with van der Waals surface area (Å²) in [4.78, 5) is 16.8. The van der Waals surface area contributed by atoms with E-state index in [1.54, 1.807) is 36.3 Å². The topological polar surface area (TPSA) is 73.4 Å². The lowest BCUT2D eigenvalue weighted by Gasteiger charge is -2.08. The number of aromatic nitrogens is 4. The number of fused-ring (bicyclic) bond motifs is 1. The van der Waals surface area contributed by atoms with Gasteiger partial charge in [0.05, 0.1) is 7.11 Å². The van der Waals surface area contributed by atoms with Crippen molar-refractivity contribution in [1.29, 1.82) is 0 Å². The molecule has 0 fully saturated rings. The number of pyridine rings is 2. The number of benzene rings is 1. The third kappa shape index (κ3) is 3.72. The molecule has 5 rings (SSSR count). The first-order chi connectivity index (χ1) is 15.6. The molecule has 0 radical (unpaired) electrons. The average molecular weight is 423 g/mol. The molecule has 0 aliphatic rings. The Balaban J connectivity index is 1.46. The third-order valence-electron chi connectivity index (χ3n) is 5.24. The van der Waals surface area contributed by atoms with E-state index in [-0.39, 0.29) is 5.91 Å². The molecular formula is C25H21N5O2. The number of nitrogens with zero attached hydrogens (tertiary/aromatic N) is 4. The van der Waals surface area contributed by atoms with Gasteiger partial charge in [-0.05, 0) is 66.6 Å². The summed E-state index contributed by atoms with van der Waals surface area (Å²) in [6.45, 7) is 1.88. The van der Waals surface area contributed by atoms with E-state index in [0.717, 1.165) is 33.9 Å². The number of hydrogen-bond donors (Lipinski definition) is 1. The zero-order valence-corrected chi connectivity index (χ0v) is 17.7. The molecule has 0 aliphatic heterocycles. The van der Waals surface area contributed by atoms with Gasteiger partial charge < -0.3 is 14.5 Å². The van der Waals surface area contributed by atoms with Gasteiger partial charge in [0.15, 0.2) is 5.69 Å². The second-order valence-electron chi connectivity index (χ2n) is 7.42. The lowest BCUT2D eigenvalue weighted by molar-refractivity contribution is 0.102. The minimum absolute atomic E-state index is 0.271. The van der Waals surface area contributed by atoms with Crippen LogP contribution in [0.1, 0.15) is 16.2 Å². The van der Waals surface area contributed by atoms with E-state index < -0.39 is 0 Å². The van der Waals surface area contributed by atoms with Gasteiger partial charge in [-0.2, -0.15) is 5.10 Å². The van der Waals surface area contributed by atoms with Crippen LogP contribution >= 0.6 is 0 Å². The molecule has 0 unspecified atom stereocenters. The first-order valence-electron chi connectivity index (χ1n) is 10.2. The first-order valence-corrected chi connectivity index (χ1v) is 10.2. The molecule has 1 amide bonds. The fourth-order valence-electron chi connectivity index (χ4n) is 3.64. The van der Waals surface area contributed by atoms with Crippen molar-refractivity contribution in [2.45, 2.75) is 6.92 Å². The van der Waals surface area contributed by atoms with Crippen LogP contribution < -0.4 is 10.1 Å². The van der Waals surface area contributed by atoms with Gasteiger partial charge in [0.25, 0.3) is 5.91 Å². The van der Waals surface area contributed by atoms with E-state index in [0.29, 0.717) is 11.4 Å². The molecule has 4 aromatic heterocycles. The molecule has 0 saturated heterocycles. The molecule has 7 nitrogen and oxygen atoms in total. The highest BCUT2D eigenvalue weighted by atomic mass is 16.5. The van der Waals surface area contributed by atoms with Gasteiger partial charge in [0.2, 0.25) is 0 Å². The van der Waals surface area contributed by atoms with Crippen LogP contribution in [0, 0.1) is 6.92 Å². The van der Waals surface area contributed by atoms with E-state index in [2.05, 4.69) is 38.1 Å². The lowest BCUT2D eigenvalue weighted by atomic mass is 10.1. The molecule has 0 spiro atoms. The van der Waals surface area contributed by atoms with Crippen LogP contribution in [0.15, 0.2) is 85.3 Å². The van der Waals surface area contributed by atoms with E-state index in [4.69, 9.17) is 4.74 Å². The summed E-state index contributed by atoms with van der Waals surface area (Å²) < 4.78 is 9.11. The Labute approximate surface area is 184 Å². The number of amides is 1. The molecule has 0 atom stereocenters. The highest BCUT2D eigenvalue weighted by Gasteiger charge is 2.13. The van der Waals surface area contributed by atoms with Crippen molar-refractivity contribution < 1.29 is 9.53 Å². The van der Waals surface area contributed by atoms with Crippen LogP contribution in [0.3, 0.4) is 0 Å². The normalized spacial score (nSPS) is 10.9. The van der Waals surface area contributed by atoms with Crippen LogP contribution in [0.25, 0.3) is 22.5 Å². The average Bonchev–Trinajstić information content (AvgIpc) is 3.46. The summed E-state index contributed by atoms with van der Waals surface area (Å²) in [5, 5.41) is 7.36. The van der Waals surface area contributed by atoms with Gasteiger partial charge in [0.1, 0.15) is 11.6 Å². The van der Waals surface area contributed by atoms with E-state index in [1.165, 1.54) is 0 Å². The van der Waals surface area contributed by atoms with Gasteiger partial charge in [-0.15, -0.1) is 0 Å². The second kappa shape index (κ2) is 8.03. The number of carbonyl (C=O) groups is 1. The van der Waals surface area contributed by atoms with Crippen molar-refractivity contribution in [2.75, 3.05) is 12.4 Å². The van der Waals surface area contributed by atoms with Gasteiger partial charge in [-0.1, -0.05) is 18.2 Å². The minimum Gasteiger partial charge on any atom is -0.497 e. The molecule has 1 N–H and O–H groups in total. The standard InChI is InChI=1S/C25H21N5O2/c1-17-14-20(10-12-26-17)27-25(31)23-11-13-30(28-23)24-9-8-21-7-6-19(16-29(21)24)18-4-3-5-22(15-18)32-2/h3-16H,1-2H3,(H,26,27,31). The second-order valence-corrected chi connectivity index (χ2v) is 7.42. The largest absolute Gasteiger partial charge is 0.497 e. The Morgan fingerprint density at radius 3 is 2.72 bits per heavy atom. The fraction of sp³-hybridized carbons (Fsp3) is 0.0800. The molecule has 0 saturated carbocycles. The number of rotatable bonds is 5. The monoisotopic (exact) mass is 423 g/mol. The van der Waals surface area contributed by atoms with Gasteiger partial charge in [-0.25, -0.2) is 4.68 Å². The maximum Gasteiger partial charge on any atom is 0.276 e. The Hall–Kier alpha value is -4.39. The summed E-state index contributed by atoms with van der Waals surface area (Å²) in [6.07, 6.45) is 5.50. The predicted octanol–water partition coefficient (Wildman–Crippen LogP) is 4.76. The molecule has 0 bridgehead atoms. The molecule has 32 heavy (non-hydrogen) atoms. The summed E-state index contributed by atoms with van der Waals surface area (Å²) in [7, 11) is 1.66.